The quantitative estimate of drug-likeness (QED) is 0.787. The van der Waals surface area contributed by atoms with E-state index in [9.17, 15) is 8.78 Å². The van der Waals surface area contributed by atoms with Gasteiger partial charge in [-0.15, -0.1) is 0 Å². The van der Waals surface area contributed by atoms with Gasteiger partial charge in [0.25, 0.3) is 0 Å². The van der Waals surface area contributed by atoms with Crippen molar-refractivity contribution in [2.24, 2.45) is 0 Å². The maximum absolute atomic E-state index is 13.6. The van der Waals surface area contributed by atoms with Crippen molar-refractivity contribution in [1.82, 2.24) is 5.32 Å². The average molecular weight is 361 g/mol. The predicted molar refractivity (Wildman–Crippen MR) is 80.8 cm³/mol. The number of hydrogen-bond acceptors (Lipinski definition) is 1. The van der Waals surface area contributed by atoms with Gasteiger partial charge in [-0.3, -0.25) is 0 Å². The summed E-state index contributed by atoms with van der Waals surface area (Å²) >= 11 is 8.95. The van der Waals surface area contributed by atoms with E-state index in [-0.39, 0.29) is 16.9 Å². The molecule has 1 nitrogen and oxygen atoms in total. The molecule has 0 aliphatic rings. The third-order valence-corrected chi connectivity index (χ3v) is 3.85. The Balaban J connectivity index is 2.06. The third-order valence-electron chi connectivity index (χ3n) is 3.05. The first-order chi connectivity index (χ1) is 9.47. The van der Waals surface area contributed by atoms with Gasteiger partial charge < -0.3 is 5.32 Å². The normalized spacial score (nSPS) is 12.4. The SMILES string of the molecule is CC(NCc1cc(Br)ccc1F)c1ccc(Cl)c(F)c1. The Morgan fingerprint density at radius 1 is 1.15 bits per heavy atom. The zero-order valence-corrected chi connectivity index (χ0v) is 13.1. The van der Waals surface area contributed by atoms with Crippen LogP contribution in [-0.4, -0.2) is 0 Å². The maximum atomic E-state index is 13.6. The second kappa shape index (κ2) is 6.66. The molecule has 0 aromatic heterocycles. The molecule has 0 fully saturated rings. The topological polar surface area (TPSA) is 12.0 Å². The van der Waals surface area contributed by atoms with E-state index in [0.29, 0.717) is 12.1 Å². The van der Waals surface area contributed by atoms with Crippen LogP contribution in [0.5, 0.6) is 0 Å². The Morgan fingerprint density at radius 2 is 1.90 bits per heavy atom. The van der Waals surface area contributed by atoms with Crippen LogP contribution in [0.4, 0.5) is 8.78 Å². The molecule has 0 bridgehead atoms. The highest BCUT2D eigenvalue weighted by atomic mass is 79.9. The first kappa shape index (κ1) is 15.4. The molecule has 0 saturated heterocycles. The van der Waals surface area contributed by atoms with Crippen LogP contribution >= 0.6 is 27.5 Å². The van der Waals surface area contributed by atoms with E-state index in [2.05, 4.69) is 21.2 Å². The number of halogens is 4. The maximum Gasteiger partial charge on any atom is 0.142 e. The van der Waals surface area contributed by atoms with Crippen molar-refractivity contribution in [1.29, 1.82) is 0 Å². The molecule has 0 heterocycles. The summed E-state index contributed by atoms with van der Waals surface area (Å²) in [6, 6.07) is 9.32. The van der Waals surface area contributed by atoms with Crippen LogP contribution in [0.1, 0.15) is 24.1 Å². The molecule has 5 heteroatoms. The van der Waals surface area contributed by atoms with Crippen LogP contribution in [-0.2, 0) is 6.54 Å². The molecule has 0 saturated carbocycles. The molecular formula is C15H13BrClF2N. The van der Waals surface area contributed by atoms with Crippen LogP contribution in [0.15, 0.2) is 40.9 Å². The summed E-state index contributed by atoms with van der Waals surface area (Å²) in [5.74, 6) is -0.721. The second-order valence-corrected chi connectivity index (χ2v) is 5.83. The first-order valence-electron chi connectivity index (χ1n) is 6.09. The van der Waals surface area contributed by atoms with E-state index in [1.54, 1.807) is 18.2 Å². The summed E-state index contributed by atoms with van der Waals surface area (Å²) in [4.78, 5) is 0. The fraction of sp³-hybridized carbons (Fsp3) is 0.200. The molecule has 0 aliphatic heterocycles. The lowest BCUT2D eigenvalue weighted by molar-refractivity contribution is 0.540. The van der Waals surface area contributed by atoms with Crippen LogP contribution in [0, 0.1) is 11.6 Å². The van der Waals surface area contributed by atoms with Gasteiger partial charge in [0, 0.05) is 22.6 Å². The van der Waals surface area contributed by atoms with E-state index in [4.69, 9.17) is 11.6 Å². The number of rotatable bonds is 4. The van der Waals surface area contributed by atoms with Gasteiger partial charge in [0.15, 0.2) is 0 Å². The standard InChI is InChI=1S/C15H13BrClF2N/c1-9(10-2-4-13(17)15(19)7-10)20-8-11-6-12(16)3-5-14(11)18/h2-7,9,20H,8H2,1H3. The molecule has 0 radical (unpaired) electrons. The molecule has 2 rings (SSSR count). The minimum atomic E-state index is -0.452. The largest absolute Gasteiger partial charge is 0.306 e. The molecular weight excluding hydrogens is 348 g/mol. The first-order valence-corrected chi connectivity index (χ1v) is 7.26. The van der Waals surface area contributed by atoms with Crippen LogP contribution in [0.2, 0.25) is 5.02 Å². The highest BCUT2D eigenvalue weighted by Crippen LogP contribution is 2.21. The molecule has 2 aromatic carbocycles. The summed E-state index contributed by atoms with van der Waals surface area (Å²) < 4.78 is 27.8. The minimum absolute atomic E-state index is 0.0963. The summed E-state index contributed by atoms with van der Waals surface area (Å²) in [5, 5.41) is 3.26. The fourth-order valence-electron chi connectivity index (χ4n) is 1.84. The van der Waals surface area contributed by atoms with Crippen molar-refractivity contribution in [2.75, 3.05) is 0 Å². The van der Waals surface area contributed by atoms with Gasteiger partial charge in [-0.05, 0) is 42.8 Å². The molecule has 1 atom stereocenters. The summed E-state index contributed by atoms with van der Waals surface area (Å²) in [6.45, 7) is 2.25. The smallest absolute Gasteiger partial charge is 0.142 e. The Kier molecular flexibility index (Phi) is 5.13. The van der Waals surface area contributed by atoms with Crippen molar-refractivity contribution in [3.05, 3.63) is 68.7 Å². The van der Waals surface area contributed by atoms with Gasteiger partial charge in [0.2, 0.25) is 0 Å². The van der Waals surface area contributed by atoms with Gasteiger partial charge in [-0.2, -0.15) is 0 Å². The van der Waals surface area contributed by atoms with Gasteiger partial charge in [0.1, 0.15) is 11.6 Å². The minimum Gasteiger partial charge on any atom is -0.306 e. The van der Waals surface area contributed by atoms with Crippen molar-refractivity contribution < 1.29 is 8.78 Å². The summed E-state index contributed by atoms with van der Waals surface area (Å²) in [5.41, 5.74) is 1.32. The van der Waals surface area contributed by atoms with Gasteiger partial charge in [0.05, 0.1) is 5.02 Å². The lowest BCUT2D eigenvalue weighted by Gasteiger charge is -2.15. The Labute approximate surface area is 130 Å². The zero-order valence-electron chi connectivity index (χ0n) is 10.8. The highest BCUT2D eigenvalue weighted by molar-refractivity contribution is 9.10. The zero-order chi connectivity index (χ0) is 14.7. The van der Waals surface area contributed by atoms with E-state index in [1.807, 2.05) is 6.92 Å². The Morgan fingerprint density at radius 3 is 2.60 bits per heavy atom. The van der Waals surface area contributed by atoms with E-state index < -0.39 is 5.82 Å². The summed E-state index contributed by atoms with van der Waals surface area (Å²) in [7, 11) is 0. The predicted octanol–water partition coefficient (Wildman–Crippen LogP) is 5.23. The van der Waals surface area contributed by atoms with E-state index in [0.717, 1.165) is 10.0 Å². The average Bonchev–Trinajstić information content (AvgIpc) is 2.42. The van der Waals surface area contributed by atoms with Crippen molar-refractivity contribution in [3.8, 4) is 0 Å². The van der Waals surface area contributed by atoms with Crippen molar-refractivity contribution in [2.45, 2.75) is 19.5 Å². The van der Waals surface area contributed by atoms with Gasteiger partial charge >= 0.3 is 0 Å². The molecule has 0 amide bonds. The summed E-state index contributed by atoms with van der Waals surface area (Å²) in [6.07, 6.45) is 0. The monoisotopic (exact) mass is 359 g/mol. The molecule has 1 N–H and O–H groups in total. The number of nitrogens with one attached hydrogen (secondary N) is 1. The highest BCUT2D eigenvalue weighted by Gasteiger charge is 2.09. The van der Waals surface area contributed by atoms with E-state index in [1.165, 1.54) is 18.2 Å². The van der Waals surface area contributed by atoms with Gasteiger partial charge in [-0.25, -0.2) is 8.78 Å². The Hall–Kier alpha value is -0.970. The lowest BCUT2D eigenvalue weighted by atomic mass is 10.1. The van der Waals surface area contributed by atoms with Crippen LogP contribution in [0.3, 0.4) is 0 Å². The lowest BCUT2D eigenvalue weighted by Crippen LogP contribution is -2.19. The third kappa shape index (κ3) is 3.78. The number of benzene rings is 2. The van der Waals surface area contributed by atoms with Crippen LogP contribution in [0.25, 0.3) is 0 Å². The van der Waals surface area contributed by atoms with E-state index >= 15 is 0 Å². The van der Waals surface area contributed by atoms with Crippen molar-refractivity contribution >= 4 is 27.5 Å². The van der Waals surface area contributed by atoms with Crippen molar-refractivity contribution in [3.63, 3.8) is 0 Å². The molecule has 1 unspecified atom stereocenters. The molecule has 2 aromatic rings. The Bertz CT molecular complexity index is 619. The van der Waals surface area contributed by atoms with Crippen LogP contribution < -0.4 is 5.32 Å². The molecule has 20 heavy (non-hydrogen) atoms. The second-order valence-electron chi connectivity index (χ2n) is 4.51. The molecule has 0 spiro atoms. The number of hydrogen-bond donors (Lipinski definition) is 1. The molecule has 106 valence electrons. The molecule has 0 aliphatic carbocycles. The van der Waals surface area contributed by atoms with Gasteiger partial charge in [-0.1, -0.05) is 33.6 Å². The fourth-order valence-corrected chi connectivity index (χ4v) is 2.37.